The Kier molecular flexibility index (Phi) is 5.87. The van der Waals surface area contributed by atoms with E-state index in [1.54, 1.807) is 0 Å². The molecule has 5 nitrogen and oxygen atoms in total. The smallest absolute Gasteiger partial charge is 0.416 e. The summed E-state index contributed by atoms with van der Waals surface area (Å²) in [6.07, 6.45) is -4.08. The summed E-state index contributed by atoms with van der Waals surface area (Å²) in [5, 5.41) is 2.47. The van der Waals surface area contributed by atoms with Crippen molar-refractivity contribution in [3.05, 3.63) is 65.7 Å². The van der Waals surface area contributed by atoms with Crippen molar-refractivity contribution in [1.82, 2.24) is 4.90 Å². The maximum absolute atomic E-state index is 12.8. The Morgan fingerprint density at radius 1 is 1.11 bits per heavy atom. The molecule has 1 unspecified atom stereocenters. The lowest BCUT2D eigenvalue weighted by atomic mass is 10.1. The molecule has 148 valence electrons. The van der Waals surface area contributed by atoms with Gasteiger partial charge >= 0.3 is 12.3 Å². The zero-order valence-corrected chi connectivity index (χ0v) is 14.9. The van der Waals surface area contributed by atoms with E-state index in [0.717, 1.165) is 17.7 Å². The summed E-state index contributed by atoms with van der Waals surface area (Å²) in [7, 11) is 0. The van der Waals surface area contributed by atoms with Crippen molar-refractivity contribution in [2.24, 2.45) is 0 Å². The quantitative estimate of drug-likeness (QED) is 0.837. The van der Waals surface area contributed by atoms with E-state index in [2.05, 4.69) is 5.32 Å². The van der Waals surface area contributed by atoms with Crippen LogP contribution in [0.5, 0.6) is 0 Å². The first-order valence-electron chi connectivity index (χ1n) is 8.80. The Bertz CT molecular complexity index is 840. The zero-order chi connectivity index (χ0) is 20.1. The van der Waals surface area contributed by atoms with E-state index in [1.165, 1.54) is 17.0 Å². The molecule has 2 amide bonds. The number of alkyl halides is 3. The third-order valence-corrected chi connectivity index (χ3v) is 4.45. The topological polar surface area (TPSA) is 58.6 Å². The second kappa shape index (κ2) is 8.33. The SMILES string of the molecule is O=C(Nc1cccc(C(F)(F)F)c1)C1CCCN1C(=O)OCc1ccccc1. The Labute approximate surface area is 160 Å². The summed E-state index contributed by atoms with van der Waals surface area (Å²) in [5.41, 5.74) is 0.000177. The molecule has 28 heavy (non-hydrogen) atoms. The van der Waals surface area contributed by atoms with Crippen molar-refractivity contribution in [3.63, 3.8) is 0 Å². The molecular formula is C20H19F3N2O3. The Morgan fingerprint density at radius 2 is 1.86 bits per heavy atom. The predicted octanol–water partition coefficient (Wildman–Crippen LogP) is 4.45. The van der Waals surface area contributed by atoms with Crippen molar-refractivity contribution in [1.29, 1.82) is 0 Å². The van der Waals surface area contributed by atoms with Crippen molar-refractivity contribution in [2.45, 2.75) is 31.7 Å². The number of rotatable bonds is 4. The molecule has 1 aliphatic rings. The highest BCUT2D eigenvalue weighted by atomic mass is 19.4. The first-order valence-corrected chi connectivity index (χ1v) is 8.80. The van der Waals surface area contributed by atoms with Gasteiger partial charge in [-0.25, -0.2) is 4.79 Å². The molecule has 2 aromatic carbocycles. The molecule has 0 bridgehead atoms. The Balaban J connectivity index is 1.62. The van der Waals surface area contributed by atoms with Crippen molar-refractivity contribution in [3.8, 4) is 0 Å². The van der Waals surface area contributed by atoms with Gasteiger partial charge in [0, 0.05) is 12.2 Å². The Hall–Kier alpha value is -3.03. The van der Waals surface area contributed by atoms with Gasteiger partial charge in [0.2, 0.25) is 5.91 Å². The minimum absolute atomic E-state index is 0.0318. The molecule has 1 heterocycles. The van der Waals surface area contributed by atoms with Crippen LogP contribution in [0.25, 0.3) is 0 Å². The molecule has 0 spiro atoms. The summed E-state index contributed by atoms with van der Waals surface area (Å²) in [4.78, 5) is 26.2. The molecule has 1 aliphatic heterocycles. The number of likely N-dealkylation sites (tertiary alicyclic amines) is 1. The molecular weight excluding hydrogens is 373 g/mol. The summed E-state index contributed by atoms with van der Waals surface area (Å²) in [6, 6.07) is 12.7. The molecule has 0 aliphatic carbocycles. The maximum atomic E-state index is 12.8. The van der Waals surface area contributed by atoms with E-state index in [4.69, 9.17) is 4.74 Å². The van der Waals surface area contributed by atoms with Crippen LogP contribution >= 0.6 is 0 Å². The summed E-state index contributed by atoms with van der Waals surface area (Å²) >= 11 is 0. The number of amides is 2. The molecule has 2 aromatic rings. The maximum Gasteiger partial charge on any atom is 0.416 e. The number of hydrogen-bond donors (Lipinski definition) is 1. The summed E-state index contributed by atoms with van der Waals surface area (Å²) < 4.78 is 43.7. The van der Waals surface area contributed by atoms with Crippen LogP contribution in [0, 0.1) is 0 Å². The fourth-order valence-electron chi connectivity index (χ4n) is 3.06. The number of nitrogens with zero attached hydrogens (tertiary/aromatic N) is 1. The van der Waals surface area contributed by atoms with Gasteiger partial charge in [0.25, 0.3) is 0 Å². The molecule has 1 saturated heterocycles. The molecule has 1 fully saturated rings. The molecule has 3 rings (SSSR count). The zero-order valence-electron chi connectivity index (χ0n) is 14.9. The first kappa shape index (κ1) is 19.7. The number of halogens is 3. The van der Waals surface area contributed by atoms with Crippen molar-refractivity contribution < 1.29 is 27.5 Å². The van der Waals surface area contributed by atoms with Crippen LogP contribution in [0.3, 0.4) is 0 Å². The van der Waals surface area contributed by atoms with Crippen LogP contribution in [0.2, 0.25) is 0 Å². The van der Waals surface area contributed by atoms with Gasteiger partial charge in [0.1, 0.15) is 12.6 Å². The second-order valence-electron chi connectivity index (χ2n) is 6.46. The van der Waals surface area contributed by atoms with E-state index in [-0.39, 0.29) is 12.3 Å². The Morgan fingerprint density at radius 3 is 2.57 bits per heavy atom. The molecule has 8 heteroatoms. The molecule has 1 atom stereocenters. The van der Waals surface area contributed by atoms with Crippen LogP contribution < -0.4 is 5.32 Å². The first-order chi connectivity index (χ1) is 13.3. The average Bonchev–Trinajstić information content (AvgIpc) is 3.16. The van der Waals surface area contributed by atoms with Gasteiger partial charge in [-0.15, -0.1) is 0 Å². The fraction of sp³-hybridized carbons (Fsp3) is 0.300. The van der Waals surface area contributed by atoms with E-state index in [1.807, 2.05) is 30.3 Å². The normalized spacial score (nSPS) is 16.7. The highest BCUT2D eigenvalue weighted by Crippen LogP contribution is 2.31. The minimum Gasteiger partial charge on any atom is -0.445 e. The predicted molar refractivity (Wildman–Crippen MR) is 96.4 cm³/mol. The standard InChI is InChI=1S/C20H19F3N2O3/c21-20(22,23)15-8-4-9-16(12-15)24-18(26)17-10-5-11-25(17)19(27)28-13-14-6-2-1-3-7-14/h1-4,6-9,12,17H,5,10-11,13H2,(H,24,26). The number of benzene rings is 2. The third-order valence-electron chi connectivity index (χ3n) is 4.45. The van der Waals surface area contributed by atoms with Crippen LogP contribution in [0.15, 0.2) is 54.6 Å². The molecule has 0 saturated carbocycles. The molecule has 1 N–H and O–H groups in total. The number of anilines is 1. The van der Waals surface area contributed by atoms with Crippen molar-refractivity contribution >= 4 is 17.7 Å². The van der Waals surface area contributed by atoms with E-state index >= 15 is 0 Å². The third kappa shape index (κ3) is 4.82. The number of ether oxygens (including phenoxy) is 1. The fourth-order valence-corrected chi connectivity index (χ4v) is 3.06. The highest BCUT2D eigenvalue weighted by Gasteiger charge is 2.35. The minimum atomic E-state index is -4.50. The number of carbonyl (C=O) groups is 2. The number of hydrogen-bond acceptors (Lipinski definition) is 3. The van der Waals surface area contributed by atoms with Crippen LogP contribution in [-0.4, -0.2) is 29.5 Å². The lowest BCUT2D eigenvalue weighted by molar-refractivity contribution is -0.137. The van der Waals surface area contributed by atoms with Crippen LogP contribution in [0.1, 0.15) is 24.0 Å². The molecule has 0 aromatic heterocycles. The second-order valence-corrected chi connectivity index (χ2v) is 6.46. The summed E-state index contributed by atoms with van der Waals surface area (Å²) in [5.74, 6) is -0.534. The summed E-state index contributed by atoms with van der Waals surface area (Å²) in [6.45, 7) is 0.437. The van der Waals surface area contributed by atoms with Crippen LogP contribution in [-0.2, 0) is 22.3 Å². The lowest BCUT2D eigenvalue weighted by Gasteiger charge is -2.23. The van der Waals surface area contributed by atoms with E-state index in [9.17, 15) is 22.8 Å². The van der Waals surface area contributed by atoms with Gasteiger partial charge in [-0.1, -0.05) is 36.4 Å². The van der Waals surface area contributed by atoms with Crippen LogP contribution in [0.4, 0.5) is 23.7 Å². The monoisotopic (exact) mass is 392 g/mol. The van der Waals surface area contributed by atoms with Gasteiger partial charge in [-0.2, -0.15) is 13.2 Å². The van der Waals surface area contributed by atoms with E-state index < -0.39 is 29.8 Å². The van der Waals surface area contributed by atoms with E-state index in [0.29, 0.717) is 19.4 Å². The highest BCUT2D eigenvalue weighted by molar-refractivity contribution is 5.96. The average molecular weight is 392 g/mol. The van der Waals surface area contributed by atoms with Gasteiger partial charge in [-0.3, -0.25) is 9.69 Å². The lowest BCUT2D eigenvalue weighted by Crippen LogP contribution is -2.43. The largest absolute Gasteiger partial charge is 0.445 e. The van der Waals surface area contributed by atoms with Gasteiger partial charge in [0.15, 0.2) is 0 Å². The number of nitrogens with one attached hydrogen (secondary N) is 1. The van der Waals surface area contributed by atoms with Gasteiger partial charge < -0.3 is 10.1 Å². The number of carbonyl (C=O) groups excluding carboxylic acids is 2. The van der Waals surface area contributed by atoms with Gasteiger partial charge in [0.05, 0.1) is 5.56 Å². The molecule has 0 radical (unpaired) electrons. The van der Waals surface area contributed by atoms with Gasteiger partial charge in [-0.05, 0) is 36.6 Å². The van der Waals surface area contributed by atoms with Crippen molar-refractivity contribution in [2.75, 3.05) is 11.9 Å².